The number of rotatable bonds is 11. The van der Waals surface area contributed by atoms with Crippen LogP contribution in [0.1, 0.15) is 64.7 Å². The van der Waals surface area contributed by atoms with Gasteiger partial charge in [-0.3, -0.25) is 4.79 Å². The number of aliphatic carboxylic acids is 1. The lowest BCUT2D eigenvalue weighted by Gasteiger charge is -2.12. The van der Waals surface area contributed by atoms with Gasteiger partial charge in [0.25, 0.3) is 0 Å². The van der Waals surface area contributed by atoms with Crippen molar-refractivity contribution < 1.29 is 14.6 Å². The van der Waals surface area contributed by atoms with Gasteiger partial charge in [0.05, 0.1) is 13.0 Å². The van der Waals surface area contributed by atoms with Crippen molar-refractivity contribution in [2.75, 3.05) is 13.2 Å². The first-order valence-electron chi connectivity index (χ1n) is 6.98. The van der Waals surface area contributed by atoms with Crippen molar-refractivity contribution >= 4 is 5.97 Å². The Bertz CT molecular complexity index is 222. The molecule has 1 rings (SSSR count). The standard InChI is InChI=1S/C14H26O3/c1-2-3-4-5-6-7-10-17-12-14(8-9-14)11-13(15)16/h2-12H2,1H3,(H,15,16). The number of carbonyl (C=O) groups is 1. The van der Waals surface area contributed by atoms with E-state index in [1.54, 1.807) is 0 Å². The Kier molecular flexibility index (Phi) is 6.56. The summed E-state index contributed by atoms with van der Waals surface area (Å²) in [6.07, 6.45) is 9.95. The van der Waals surface area contributed by atoms with E-state index in [1.807, 2.05) is 0 Å². The van der Waals surface area contributed by atoms with Crippen LogP contribution < -0.4 is 0 Å². The van der Waals surface area contributed by atoms with Gasteiger partial charge in [-0.15, -0.1) is 0 Å². The second-order valence-corrected chi connectivity index (χ2v) is 5.39. The Morgan fingerprint density at radius 2 is 1.82 bits per heavy atom. The molecule has 0 aromatic rings. The molecule has 17 heavy (non-hydrogen) atoms. The van der Waals surface area contributed by atoms with Crippen molar-refractivity contribution in [1.29, 1.82) is 0 Å². The molecule has 1 N–H and O–H groups in total. The molecule has 0 radical (unpaired) electrons. The van der Waals surface area contributed by atoms with Gasteiger partial charge in [-0.2, -0.15) is 0 Å². The van der Waals surface area contributed by atoms with E-state index < -0.39 is 5.97 Å². The lowest BCUT2D eigenvalue weighted by Crippen LogP contribution is -2.15. The van der Waals surface area contributed by atoms with E-state index in [9.17, 15) is 4.79 Å². The highest BCUT2D eigenvalue weighted by Crippen LogP contribution is 2.48. The van der Waals surface area contributed by atoms with Crippen LogP contribution in [0.15, 0.2) is 0 Å². The second kappa shape index (κ2) is 7.70. The van der Waals surface area contributed by atoms with E-state index >= 15 is 0 Å². The molecule has 0 aromatic heterocycles. The summed E-state index contributed by atoms with van der Waals surface area (Å²) in [5, 5.41) is 8.76. The molecule has 1 aliphatic carbocycles. The quantitative estimate of drug-likeness (QED) is 0.563. The fourth-order valence-electron chi connectivity index (χ4n) is 2.14. The number of hydrogen-bond acceptors (Lipinski definition) is 2. The molecule has 1 saturated carbocycles. The predicted molar refractivity (Wildman–Crippen MR) is 68.1 cm³/mol. The molecule has 0 bridgehead atoms. The van der Waals surface area contributed by atoms with Gasteiger partial charge in [0, 0.05) is 12.0 Å². The summed E-state index contributed by atoms with van der Waals surface area (Å²) in [7, 11) is 0. The van der Waals surface area contributed by atoms with Crippen molar-refractivity contribution in [3.05, 3.63) is 0 Å². The lowest BCUT2D eigenvalue weighted by atomic mass is 10.0. The van der Waals surface area contributed by atoms with E-state index in [0.717, 1.165) is 25.9 Å². The molecule has 0 unspecified atom stereocenters. The molecule has 0 aromatic carbocycles. The van der Waals surface area contributed by atoms with Crippen molar-refractivity contribution in [3.63, 3.8) is 0 Å². The van der Waals surface area contributed by atoms with Crippen LogP contribution in [0.2, 0.25) is 0 Å². The van der Waals surface area contributed by atoms with Crippen molar-refractivity contribution in [2.24, 2.45) is 5.41 Å². The van der Waals surface area contributed by atoms with Crippen LogP contribution in [0.5, 0.6) is 0 Å². The third-order valence-corrected chi connectivity index (χ3v) is 3.53. The van der Waals surface area contributed by atoms with Crippen LogP contribution in [-0.2, 0) is 9.53 Å². The molecule has 0 saturated heterocycles. The first-order valence-corrected chi connectivity index (χ1v) is 6.98. The zero-order valence-corrected chi connectivity index (χ0v) is 11.0. The third-order valence-electron chi connectivity index (χ3n) is 3.53. The van der Waals surface area contributed by atoms with Crippen LogP contribution in [0.4, 0.5) is 0 Å². The fourth-order valence-corrected chi connectivity index (χ4v) is 2.14. The number of unbranched alkanes of at least 4 members (excludes halogenated alkanes) is 5. The smallest absolute Gasteiger partial charge is 0.303 e. The van der Waals surface area contributed by atoms with Crippen molar-refractivity contribution in [2.45, 2.75) is 64.7 Å². The Morgan fingerprint density at radius 3 is 2.41 bits per heavy atom. The number of carboxylic acid groups (broad SMARTS) is 1. The minimum absolute atomic E-state index is 0.00591. The highest BCUT2D eigenvalue weighted by Gasteiger charge is 2.44. The van der Waals surface area contributed by atoms with E-state index in [0.29, 0.717) is 6.61 Å². The van der Waals surface area contributed by atoms with Crippen molar-refractivity contribution in [1.82, 2.24) is 0 Å². The molecule has 0 spiro atoms. The SMILES string of the molecule is CCCCCCCCOCC1(CC(=O)O)CC1. The van der Waals surface area contributed by atoms with Gasteiger partial charge in [0.15, 0.2) is 0 Å². The zero-order chi connectivity index (χ0) is 12.6. The van der Waals surface area contributed by atoms with Gasteiger partial charge in [-0.05, 0) is 19.3 Å². The van der Waals surface area contributed by atoms with Crippen LogP contribution in [0.3, 0.4) is 0 Å². The Morgan fingerprint density at radius 1 is 1.18 bits per heavy atom. The number of carboxylic acids is 1. The summed E-state index contributed by atoms with van der Waals surface area (Å²) in [5.41, 5.74) is -0.00591. The summed E-state index contributed by atoms with van der Waals surface area (Å²) >= 11 is 0. The topological polar surface area (TPSA) is 46.5 Å². The molecule has 0 atom stereocenters. The molecule has 1 fully saturated rings. The molecule has 0 amide bonds. The average Bonchev–Trinajstić information content (AvgIpc) is 3.01. The molecule has 3 heteroatoms. The summed E-state index contributed by atoms with van der Waals surface area (Å²) in [4.78, 5) is 10.6. The molecule has 3 nitrogen and oxygen atoms in total. The number of ether oxygens (including phenoxy) is 1. The third kappa shape index (κ3) is 6.67. The minimum atomic E-state index is -0.689. The first-order chi connectivity index (χ1) is 8.18. The Labute approximate surface area is 105 Å². The minimum Gasteiger partial charge on any atom is -0.481 e. The highest BCUT2D eigenvalue weighted by molar-refractivity contribution is 5.68. The van der Waals surface area contributed by atoms with Gasteiger partial charge in [-0.1, -0.05) is 39.0 Å². The maximum Gasteiger partial charge on any atom is 0.303 e. The van der Waals surface area contributed by atoms with Gasteiger partial charge in [0.1, 0.15) is 0 Å². The maximum atomic E-state index is 10.6. The van der Waals surface area contributed by atoms with E-state index in [4.69, 9.17) is 9.84 Å². The average molecular weight is 242 g/mol. The van der Waals surface area contributed by atoms with E-state index in [2.05, 4.69) is 6.92 Å². The summed E-state index contributed by atoms with van der Waals surface area (Å²) < 4.78 is 5.61. The van der Waals surface area contributed by atoms with Crippen molar-refractivity contribution in [3.8, 4) is 0 Å². The molecule has 100 valence electrons. The largest absolute Gasteiger partial charge is 0.481 e. The maximum absolute atomic E-state index is 10.6. The summed E-state index contributed by atoms with van der Waals surface area (Å²) in [5.74, 6) is -0.689. The monoisotopic (exact) mass is 242 g/mol. The van der Waals surface area contributed by atoms with Crippen LogP contribution in [-0.4, -0.2) is 24.3 Å². The molecule has 0 heterocycles. The fraction of sp³-hybridized carbons (Fsp3) is 0.929. The van der Waals surface area contributed by atoms with Gasteiger partial charge >= 0.3 is 5.97 Å². The zero-order valence-electron chi connectivity index (χ0n) is 11.0. The Balaban J connectivity index is 1.89. The molecular weight excluding hydrogens is 216 g/mol. The lowest BCUT2D eigenvalue weighted by molar-refractivity contribution is -0.139. The highest BCUT2D eigenvalue weighted by atomic mass is 16.5. The summed E-state index contributed by atoms with van der Waals surface area (Å²) in [6.45, 7) is 3.67. The van der Waals surface area contributed by atoms with Gasteiger partial charge in [0.2, 0.25) is 0 Å². The first kappa shape index (κ1) is 14.5. The molecule has 1 aliphatic rings. The molecule has 0 aliphatic heterocycles. The number of hydrogen-bond donors (Lipinski definition) is 1. The van der Waals surface area contributed by atoms with Crippen LogP contribution in [0, 0.1) is 5.41 Å². The van der Waals surface area contributed by atoms with Gasteiger partial charge < -0.3 is 9.84 Å². The van der Waals surface area contributed by atoms with Crippen LogP contribution in [0.25, 0.3) is 0 Å². The predicted octanol–water partition coefficient (Wildman–Crippen LogP) is 3.62. The second-order valence-electron chi connectivity index (χ2n) is 5.39. The van der Waals surface area contributed by atoms with Crippen LogP contribution >= 0.6 is 0 Å². The normalized spacial score (nSPS) is 17.0. The Hall–Kier alpha value is -0.570. The molecular formula is C14H26O3. The van der Waals surface area contributed by atoms with Gasteiger partial charge in [-0.25, -0.2) is 0 Å². The van der Waals surface area contributed by atoms with E-state index in [-0.39, 0.29) is 11.8 Å². The van der Waals surface area contributed by atoms with E-state index in [1.165, 1.54) is 32.1 Å². The summed E-state index contributed by atoms with van der Waals surface area (Å²) in [6, 6.07) is 0.